The Morgan fingerprint density at radius 3 is 2.50 bits per heavy atom. The summed E-state index contributed by atoms with van der Waals surface area (Å²) in [5.41, 5.74) is 0.205. The summed E-state index contributed by atoms with van der Waals surface area (Å²) < 4.78 is 11.6. The second-order valence-corrected chi connectivity index (χ2v) is 5.64. The second kappa shape index (κ2) is 2.83. The molecule has 14 heavy (non-hydrogen) atoms. The highest BCUT2D eigenvalue weighted by Crippen LogP contribution is 2.56. The maximum Gasteiger partial charge on any atom is 0.161 e. The molecule has 0 aromatic carbocycles. The molecule has 1 heterocycles. The first-order valence-electron chi connectivity index (χ1n) is 5.57. The zero-order valence-corrected chi connectivity index (χ0v) is 8.90. The monoisotopic (exact) mass is 194 g/mol. The molecule has 0 amide bonds. The van der Waals surface area contributed by atoms with E-state index >= 15 is 0 Å². The Bertz CT molecular complexity index is 259. The van der Waals surface area contributed by atoms with Crippen molar-refractivity contribution in [2.75, 3.05) is 13.2 Å². The third-order valence-corrected chi connectivity index (χ3v) is 3.65. The van der Waals surface area contributed by atoms with Crippen molar-refractivity contribution < 1.29 is 9.47 Å². The average Bonchev–Trinajstić information content (AvgIpc) is 2.63. The number of hydrogen-bond acceptors (Lipinski definition) is 2. The number of rotatable bonds is 1. The van der Waals surface area contributed by atoms with Crippen LogP contribution in [-0.2, 0) is 9.47 Å². The van der Waals surface area contributed by atoms with Crippen LogP contribution in [0.5, 0.6) is 0 Å². The lowest BCUT2D eigenvalue weighted by Crippen LogP contribution is -2.39. The lowest BCUT2D eigenvalue weighted by molar-refractivity contribution is -0.232. The summed E-state index contributed by atoms with van der Waals surface area (Å²) in [5, 5.41) is 0. The summed E-state index contributed by atoms with van der Waals surface area (Å²) in [6.45, 7) is 6.07. The lowest BCUT2D eigenvalue weighted by Gasteiger charge is -2.35. The molecule has 1 saturated heterocycles. The Kier molecular flexibility index (Phi) is 1.80. The van der Waals surface area contributed by atoms with Crippen molar-refractivity contribution in [2.45, 2.75) is 26.6 Å². The molecule has 78 valence electrons. The van der Waals surface area contributed by atoms with E-state index in [1.165, 1.54) is 6.42 Å². The van der Waals surface area contributed by atoms with Crippen LogP contribution in [0.3, 0.4) is 0 Å². The van der Waals surface area contributed by atoms with Crippen LogP contribution >= 0.6 is 0 Å². The Morgan fingerprint density at radius 1 is 1.21 bits per heavy atom. The molecule has 0 unspecified atom stereocenters. The van der Waals surface area contributed by atoms with Gasteiger partial charge in [-0.3, -0.25) is 0 Å². The number of ether oxygens (including phenoxy) is 2. The molecule has 1 saturated carbocycles. The van der Waals surface area contributed by atoms with Crippen LogP contribution in [0, 0.1) is 23.2 Å². The Hall–Kier alpha value is -0.340. The maximum atomic E-state index is 5.80. The Morgan fingerprint density at radius 2 is 1.93 bits per heavy atom. The van der Waals surface area contributed by atoms with Crippen molar-refractivity contribution in [1.82, 2.24) is 0 Å². The first-order valence-corrected chi connectivity index (χ1v) is 5.57. The average molecular weight is 194 g/mol. The predicted octanol–water partition coefficient (Wildman–Crippen LogP) is 2.21. The third-order valence-electron chi connectivity index (χ3n) is 3.65. The molecule has 3 aliphatic rings. The summed E-state index contributed by atoms with van der Waals surface area (Å²) in [6, 6.07) is 0. The van der Waals surface area contributed by atoms with Gasteiger partial charge in [-0.15, -0.1) is 0 Å². The van der Waals surface area contributed by atoms with Gasteiger partial charge in [-0.2, -0.15) is 0 Å². The highest BCUT2D eigenvalue weighted by molar-refractivity contribution is 5.17. The van der Waals surface area contributed by atoms with E-state index in [2.05, 4.69) is 26.0 Å². The van der Waals surface area contributed by atoms with E-state index in [0.29, 0.717) is 5.92 Å². The molecular weight excluding hydrogens is 176 g/mol. The number of allylic oxidation sites excluding steroid dienone is 2. The van der Waals surface area contributed by atoms with Gasteiger partial charge in [-0.25, -0.2) is 0 Å². The molecule has 2 heteroatoms. The fourth-order valence-corrected chi connectivity index (χ4v) is 2.72. The van der Waals surface area contributed by atoms with Crippen LogP contribution < -0.4 is 0 Å². The summed E-state index contributed by atoms with van der Waals surface area (Å²) in [6.07, 6.45) is 5.95. The van der Waals surface area contributed by atoms with Gasteiger partial charge in [0.1, 0.15) is 0 Å². The van der Waals surface area contributed by atoms with Crippen molar-refractivity contribution in [2.24, 2.45) is 23.2 Å². The van der Waals surface area contributed by atoms with Crippen LogP contribution in [0.2, 0.25) is 0 Å². The molecule has 0 aromatic rings. The van der Waals surface area contributed by atoms with Gasteiger partial charge in [-0.1, -0.05) is 26.0 Å². The summed E-state index contributed by atoms with van der Waals surface area (Å²) >= 11 is 0. The van der Waals surface area contributed by atoms with Crippen LogP contribution in [-0.4, -0.2) is 19.5 Å². The van der Waals surface area contributed by atoms with Gasteiger partial charge in [0.25, 0.3) is 0 Å². The zero-order valence-electron chi connectivity index (χ0n) is 8.90. The third kappa shape index (κ3) is 1.32. The Balaban J connectivity index is 1.59. The molecular formula is C12H18O2. The Labute approximate surface area is 85.3 Å². The van der Waals surface area contributed by atoms with E-state index in [-0.39, 0.29) is 11.7 Å². The first kappa shape index (κ1) is 8.93. The van der Waals surface area contributed by atoms with E-state index in [1.54, 1.807) is 0 Å². The lowest BCUT2D eigenvalue weighted by atomic mass is 9.95. The second-order valence-electron chi connectivity index (χ2n) is 5.64. The van der Waals surface area contributed by atoms with Crippen molar-refractivity contribution in [1.29, 1.82) is 0 Å². The van der Waals surface area contributed by atoms with Crippen LogP contribution in [0.1, 0.15) is 20.3 Å². The van der Waals surface area contributed by atoms with Gasteiger partial charge < -0.3 is 9.47 Å². The molecule has 2 fully saturated rings. The predicted molar refractivity (Wildman–Crippen MR) is 53.7 cm³/mol. The molecule has 0 aromatic heterocycles. The summed E-state index contributed by atoms with van der Waals surface area (Å²) in [4.78, 5) is 0. The zero-order chi connectivity index (χ0) is 9.76. The fourth-order valence-electron chi connectivity index (χ4n) is 2.72. The van der Waals surface area contributed by atoms with Crippen molar-refractivity contribution in [3.05, 3.63) is 12.2 Å². The molecule has 0 bridgehead atoms. The van der Waals surface area contributed by atoms with E-state index in [1.807, 2.05) is 0 Å². The van der Waals surface area contributed by atoms with Crippen LogP contribution in [0.25, 0.3) is 0 Å². The van der Waals surface area contributed by atoms with Gasteiger partial charge in [0.05, 0.1) is 13.2 Å². The molecule has 0 N–H and O–H groups in total. The quantitative estimate of drug-likeness (QED) is 0.596. The molecule has 2 aliphatic carbocycles. The summed E-state index contributed by atoms with van der Waals surface area (Å²) in [7, 11) is 0. The van der Waals surface area contributed by atoms with Crippen LogP contribution in [0.15, 0.2) is 12.2 Å². The van der Waals surface area contributed by atoms with Crippen LogP contribution in [0.4, 0.5) is 0 Å². The molecule has 1 aliphatic heterocycles. The fraction of sp³-hybridized carbons (Fsp3) is 0.833. The highest BCUT2D eigenvalue weighted by Gasteiger charge is 2.56. The van der Waals surface area contributed by atoms with Crippen molar-refractivity contribution in [3.8, 4) is 0 Å². The van der Waals surface area contributed by atoms with Crippen molar-refractivity contribution >= 4 is 0 Å². The minimum atomic E-state index is 0.0861. The topological polar surface area (TPSA) is 18.5 Å². The number of fused-ring (bicyclic) bond motifs is 1. The smallest absolute Gasteiger partial charge is 0.161 e. The maximum absolute atomic E-state index is 5.80. The molecule has 0 spiro atoms. The van der Waals surface area contributed by atoms with E-state index < -0.39 is 0 Å². The molecule has 0 radical (unpaired) electrons. The van der Waals surface area contributed by atoms with Gasteiger partial charge in [0, 0.05) is 11.3 Å². The van der Waals surface area contributed by atoms with E-state index in [9.17, 15) is 0 Å². The normalized spacial score (nSPS) is 45.1. The van der Waals surface area contributed by atoms with Gasteiger partial charge in [-0.05, 0) is 18.3 Å². The molecule has 2 nitrogen and oxygen atoms in total. The van der Waals surface area contributed by atoms with E-state index in [0.717, 1.165) is 25.0 Å². The van der Waals surface area contributed by atoms with Crippen molar-refractivity contribution in [3.63, 3.8) is 0 Å². The SMILES string of the molecule is CC1(C)COC([C@@H]2[C@@H]3C=CC[C@H]32)OC1. The highest BCUT2D eigenvalue weighted by atomic mass is 16.7. The van der Waals surface area contributed by atoms with Gasteiger partial charge in [0.15, 0.2) is 6.29 Å². The molecule has 3 rings (SSSR count). The first-order chi connectivity index (χ1) is 6.67. The largest absolute Gasteiger partial charge is 0.352 e. The molecule has 3 atom stereocenters. The van der Waals surface area contributed by atoms with E-state index in [4.69, 9.17) is 9.47 Å². The summed E-state index contributed by atoms with van der Waals surface area (Å²) in [5.74, 6) is 2.26. The minimum absolute atomic E-state index is 0.0861. The standard InChI is InChI=1S/C12H18O2/c1-12(2)6-13-11(14-7-12)10-8-4-3-5-9(8)10/h3-4,8-11H,5-7H2,1-2H3/t8-,9-,10-/m1/s1. The number of hydrogen-bond donors (Lipinski definition) is 0. The van der Waals surface area contributed by atoms with Gasteiger partial charge in [0.2, 0.25) is 0 Å². The minimum Gasteiger partial charge on any atom is -0.352 e. The van der Waals surface area contributed by atoms with Gasteiger partial charge >= 0.3 is 0 Å².